The largest absolute Gasteiger partial charge is 0.463 e. The fraction of sp³-hybridized carbons (Fsp3) is 0.600. The van der Waals surface area contributed by atoms with Gasteiger partial charge in [-0.05, 0) is 11.1 Å². The van der Waals surface area contributed by atoms with Crippen molar-refractivity contribution in [3.8, 4) is 0 Å². The Bertz CT molecular complexity index is 569. The van der Waals surface area contributed by atoms with Gasteiger partial charge >= 0.3 is 11.9 Å². The van der Waals surface area contributed by atoms with Crippen molar-refractivity contribution >= 4 is 23.8 Å². The highest BCUT2D eigenvalue weighted by Gasteiger charge is 2.35. The lowest BCUT2D eigenvalue weighted by Crippen LogP contribution is -2.64. The summed E-state index contributed by atoms with van der Waals surface area (Å²) in [6.45, 7) is -1.97. The van der Waals surface area contributed by atoms with Crippen LogP contribution in [0.2, 0.25) is 0 Å². The Labute approximate surface area is 133 Å². The monoisotopic (exact) mass is 340 g/mol. The molecule has 14 nitrogen and oxygen atoms in total. The van der Waals surface area contributed by atoms with Gasteiger partial charge in [0.05, 0.1) is 0 Å². The highest BCUT2D eigenvalue weighted by atomic mass is 16.5. The van der Waals surface area contributed by atoms with Crippen molar-refractivity contribution in [3.63, 3.8) is 0 Å². The molecule has 0 saturated carbocycles. The second-order valence-corrected chi connectivity index (χ2v) is 4.27. The van der Waals surface area contributed by atoms with E-state index >= 15 is 0 Å². The van der Waals surface area contributed by atoms with Crippen LogP contribution in [-0.2, 0) is 28.7 Å². The number of rotatable bonds is 8. The fourth-order valence-corrected chi connectivity index (χ4v) is 1.53. The summed E-state index contributed by atoms with van der Waals surface area (Å²) in [5.41, 5.74) is 16.1. The number of carbonyl (C=O) groups is 4. The van der Waals surface area contributed by atoms with Gasteiger partial charge in [0.1, 0.15) is 38.4 Å². The zero-order valence-electron chi connectivity index (χ0n) is 12.1. The van der Waals surface area contributed by atoms with Crippen molar-refractivity contribution in [2.24, 2.45) is 10.2 Å². The third-order valence-electron chi connectivity index (χ3n) is 2.61. The third kappa shape index (κ3) is 6.09. The minimum Gasteiger partial charge on any atom is -0.463 e. The second kappa shape index (κ2) is 9.50. The second-order valence-electron chi connectivity index (χ2n) is 4.27. The van der Waals surface area contributed by atoms with E-state index in [9.17, 15) is 19.2 Å². The van der Waals surface area contributed by atoms with Gasteiger partial charge in [0.2, 0.25) is 11.8 Å². The zero-order chi connectivity index (χ0) is 17.9. The van der Waals surface area contributed by atoms with Gasteiger partial charge in [0.15, 0.2) is 0 Å². The fourth-order valence-electron chi connectivity index (χ4n) is 1.53. The molecule has 2 N–H and O–H groups in total. The molecule has 24 heavy (non-hydrogen) atoms. The first-order chi connectivity index (χ1) is 11.5. The molecule has 1 heterocycles. The lowest BCUT2D eigenvalue weighted by Gasteiger charge is -2.28. The molecule has 1 aliphatic rings. The van der Waals surface area contributed by atoms with E-state index in [1.807, 2.05) is 0 Å². The number of ether oxygens (including phenoxy) is 2. The molecule has 0 aliphatic carbocycles. The van der Waals surface area contributed by atoms with Gasteiger partial charge in [-0.15, -0.1) is 0 Å². The number of carbonyl (C=O) groups excluding carboxylic acids is 4. The Balaban J connectivity index is 2.43. The van der Waals surface area contributed by atoms with Gasteiger partial charge in [-0.3, -0.25) is 19.2 Å². The van der Waals surface area contributed by atoms with Crippen molar-refractivity contribution in [3.05, 3.63) is 20.9 Å². The first-order valence-corrected chi connectivity index (χ1v) is 6.41. The molecule has 0 radical (unpaired) electrons. The van der Waals surface area contributed by atoms with Crippen LogP contribution in [0.4, 0.5) is 0 Å². The lowest BCUT2D eigenvalue weighted by molar-refractivity contribution is -0.150. The first-order valence-electron chi connectivity index (χ1n) is 6.41. The van der Waals surface area contributed by atoms with E-state index in [2.05, 4.69) is 40.2 Å². The van der Waals surface area contributed by atoms with E-state index in [-0.39, 0.29) is 0 Å². The van der Waals surface area contributed by atoms with Crippen molar-refractivity contribution in [1.29, 1.82) is 0 Å². The molecule has 1 aliphatic heterocycles. The van der Waals surface area contributed by atoms with E-state index < -0.39 is 62.1 Å². The van der Waals surface area contributed by atoms with E-state index in [1.165, 1.54) is 0 Å². The Morgan fingerprint density at radius 2 is 1.29 bits per heavy atom. The lowest BCUT2D eigenvalue weighted by atomic mass is 10.1. The van der Waals surface area contributed by atoms with E-state index in [4.69, 9.17) is 11.1 Å². The molecule has 14 heteroatoms. The number of nitrogens with zero attached hydrogens (tertiary/aromatic N) is 6. The summed E-state index contributed by atoms with van der Waals surface area (Å²) in [4.78, 5) is 50.6. The van der Waals surface area contributed by atoms with Crippen LogP contribution in [-0.4, -0.2) is 62.1 Å². The predicted octanol–water partition coefficient (Wildman–Crippen LogP) is -1.32. The van der Waals surface area contributed by atoms with Gasteiger partial charge in [0, 0.05) is 9.82 Å². The van der Waals surface area contributed by atoms with Crippen molar-refractivity contribution < 1.29 is 28.7 Å². The minimum absolute atomic E-state index is 0.444. The normalized spacial score (nSPS) is 19.0. The van der Waals surface area contributed by atoms with Gasteiger partial charge in [0.25, 0.3) is 0 Å². The summed E-state index contributed by atoms with van der Waals surface area (Å²) in [7, 11) is 0. The number of amides is 2. The van der Waals surface area contributed by atoms with Gasteiger partial charge in [-0.25, -0.2) is 0 Å². The molecule has 0 aromatic rings. The molecule has 2 amide bonds. The van der Waals surface area contributed by atoms with Crippen LogP contribution in [0.3, 0.4) is 0 Å². The van der Waals surface area contributed by atoms with Crippen molar-refractivity contribution in [1.82, 2.24) is 10.6 Å². The number of piperazine rings is 1. The van der Waals surface area contributed by atoms with E-state index in [0.29, 0.717) is 0 Å². The SMILES string of the molecule is [N-]=[N+]=NCC(=O)OC[C@H]1NC(=O)[C@@H](COC(=O)CN=[N+]=[N-])NC1=O. The van der Waals surface area contributed by atoms with Crippen LogP contribution in [0.1, 0.15) is 0 Å². The van der Waals surface area contributed by atoms with E-state index in [0.717, 1.165) is 0 Å². The quantitative estimate of drug-likeness (QED) is 0.236. The summed E-state index contributed by atoms with van der Waals surface area (Å²) in [6, 6.07) is -2.25. The van der Waals surface area contributed by atoms with Gasteiger partial charge < -0.3 is 20.1 Å². The van der Waals surface area contributed by atoms with E-state index in [1.54, 1.807) is 0 Å². The molecular formula is C10H12N8O6. The van der Waals surface area contributed by atoms with Gasteiger partial charge in [-0.2, -0.15) is 0 Å². The summed E-state index contributed by atoms with van der Waals surface area (Å²) in [5.74, 6) is -3.02. The van der Waals surface area contributed by atoms with Crippen LogP contribution in [0.15, 0.2) is 10.2 Å². The van der Waals surface area contributed by atoms with Crippen LogP contribution in [0, 0.1) is 0 Å². The van der Waals surface area contributed by atoms with Crippen molar-refractivity contribution in [2.45, 2.75) is 12.1 Å². The summed E-state index contributed by atoms with van der Waals surface area (Å²) >= 11 is 0. The molecule has 1 fully saturated rings. The predicted molar refractivity (Wildman–Crippen MR) is 73.8 cm³/mol. The number of hydrogen-bond acceptors (Lipinski definition) is 8. The number of azide groups is 2. The molecule has 0 aromatic heterocycles. The van der Waals surface area contributed by atoms with Crippen LogP contribution >= 0.6 is 0 Å². The number of esters is 2. The highest BCUT2D eigenvalue weighted by Crippen LogP contribution is 2.00. The summed E-state index contributed by atoms with van der Waals surface area (Å²) < 4.78 is 9.34. The maximum absolute atomic E-state index is 11.8. The minimum atomic E-state index is -1.12. The Kier molecular flexibility index (Phi) is 7.34. The maximum Gasteiger partial charge on any atom is 0.311 e. The molecule has 0 unspecified atom stereocenters. The van der Waals surface area contributed by atoms with Crippen molar-refractivity contribution in [2.75, 3.05) is 26.3 Å². The Hall–Kier alpha value is -3.50. The zero-order valence-corrected chi connectivity index (χ0v) is 12.1. The van der Waals surface area contributed by atoms with Gasteiger partial charge in [-0.1, -0.05) is 10.2 Å². The highest BCUT2D eigenvalue weighted by molar-refractivity contribution is 5.97. The molecule has 0 bridgehead atoms. The van der Waals surface area contributed by atoms with Crippen LogP contribution in [0.25, 0.3) is 20.9 Å². The number of nitrogens with one attached hydrogen (secondary N) is 2. The average molecular weight is 340 g/mol. The molecular weight excluding hydrogens is 328 g/mol. The Morgan fingerprint density at radius 1 is 0.917 bits per heavy atom. The van der Waals surface area contributed by atoms with Crippen LogP contribution in [0.5, 0.6) is 0 Å². The Morgan fingerprint density at radius 3 is 1.62 bits per heavy atom. The maximum atomic E-state index is 11.8. The summed E-state index contributed by atoms with van der Waals surface area (Å²) in [5, 5.41) is 10.5. The smallest absolute Gasteiger partial charge is 0.311 e. The molecule has 0 spiro atoms. The average Bonchev–Trinajstić information content (AvgIpc) is 2.57. The topological polar surface area (TPSA) is 208 Å². The first kappa shape index (κ1) is 18.5. The molecule has 0 aromatic carbocycles. The number of hydrogen-bond donors (Lipinski definition) is 2. The van der Waals surface area contributed by atoms with Crippen LogP contribution < -0.4 is 10.6 Å². The molecule has 1 saturated heterocycles. The standard InChI is InChI=1S/C10H12N8O6/c11-17-13-1-7(19)23-3-5-9(21)16-6(10(22)15-5)4-24-8(20)2-14-18-12/h5-6H,1-4H2,(H,15,22)(H,16,21)/t5-,6-/m1/s1. The summed E-state index contributed by atoms with van der Waals surface area (Å²) in [6.07, 6.45) is 0. The molecule has 1 rings (SSSR count). The molecule has 2 atom stereocenters. The molecule has 128 valence electrons. The third-order valence-corrected chi connectivity index (χ3v) is 2.61.